The summed E-state index contributed by atoms with van der Waals surface area (Å²) in [4.78, 5) is 41.9. The fraction of sp³-hybridized carbons (Fsp3) is 0.455. The number of hydrogen-bond donors (Lipinski definition) is 2. The largest absolute Gasteiger partial charge is 0.482 e. The zero-order chi connectivity index (χ0) is 32.6. The molecule has 2 fully saturated rings. The maximum Gasteiger partial charge on any atom is 0.265 e. The summed E-state index contributed by atoms with van der Waals surface area (Å²) in [6, 6.07) is 5.16. The Balaban J connectivity index is 1.32. The average molecular weight is 636 g/mol. The molecule has 1 amide bonds. The van der Waals surface area contributed by atoms with E-state index in [0.29, 0.717) is 64.7 Å². The first kappa shape index (κ1) is 31.6. The summed E-state index contributed by atoms with van der Waals surface area (Å²) in [5.41, 5.74) is 3.04. The van der Waals surface area contributed by atoms with Crippen LogP contribution in [0.15, 0.2) is 30.6 Å². The summed E-state index contributed by atoms with van der Waals surface area (Å²) < 4.78 is 46.1. The van der Waals surface area contributed by atoms with Crippen molar-refractivity contribution in [1.29, 1.82) is 5.41 Å². The molecule has 0 spiro atoms. The highest BCUT2D eigenvalue weighted by atomic mass is 19.3. The van der Waals surface area contributed by atoms with Gasteiger partial charge in [0.1, 0.15) is 17.4 Å². The second-order valence-electron chi connectivity index (χ2n) is 12.6. The van der Waals surface area contributed by atoms with Gasteiger partial charge < -0.3 is 15.5 Å². The monoisotopic (exact) mass is 635 g/mol. The van der Waals surface area contributed by atoms with Crippen LogP contribution in [0.2, 0.25) is 0 Å². The van der Waals surface area contributed by atoms with Crippen LogP contribution in [-0.2, 0) is 17.8 Å². The SMILES string of the molecule is CC(C)Cc1nc(NC2CCN(C3CC(F)(F)C3)CC2)c(C=N)c(-c2ccc3c(c2)OCC(=O)N3Cc2ncc(F)cn2)c1C=O. The molecule has 1 saturated carbocycles. The molecule has 1 aromatic carbocycles. The van der Waals surface area contributed by atoms with Crippen molar-refractivity contribution in [2.45, 2.75) is 70.5 Å². The van der Waals surface area contributed by atoms with E-state index in [9.17, 15) is 22.8 Å². The number of hydrogen-bond acceptors (Lipinski definition) is 9. The molecule has 0 radical (unpaired) electrons. The third-order valence-corrected chi connectivity index (χ3v) is 8.84. The van der Waals surface area contributed by atoms with Crippen molar-refractivity contribution in [3.8, 4) is 16.9 Å². The molecule has 13 heteroatoms. The predicted octanol–water partition coefficient (Wildman–Crippen LogP) is 5.29. The van der Waals surface area contributed by atoms with Crippen LogP contribution in [0.25, 0.3) is 11.1 Å². The Labute approximate surface area is 264 Å². The molecule has 10 nitrogen and oxygen atoms in total. The number of ether oxygens (including phenoxy) is 1. The quantitative estimate of drug-likeness (QED) is 0.228. The smallest absolute Gasteiger partial charge is 0.265 e. The number of alkyl halides is 2. The van der Waals surface area contributed by atoms with Gasteiger partial charge in [0.05, 0.1) is 30.3 Å². The summed E-state index contributed by atoms with van der Waals surface area (Å²) in [5.74, 6) is -2.10. The highest BCUT2D eigenvalue weighted by molar-refractivity contribution is 6.03. The second kappa shape index (κ2) is 12.8. The second-order valence-corrected chi connectivity index (χ2v) is 12.6. The lowest BCUT2D eigenvalue weighted by Gasteiger charge is -2.45. The fourth-order valence-corrected chi connectivity index (χ4v) is 6.48. The number of anilines is 2. The minimum absolute atomic E-state index is 0.0179. The Kier molecular flexibility index (Phi) is 8.78. The van der Waals surface area contributed by atoms with Crippen LogP contribution in [-0.4, -0.2) is 76.0 Å². The highest BCUT2D eigenvalue weighted by Crippen LogP contribution is 2.42. The number of benzene rings is 1. The van der Waals surface area contributed by atoms with Gasteiger partial charge >= 0.3 is 0 Å². The Morgan fingerprint density at radius 2 is 1.87 bits per heavy atom. The van der Waals surface area contributed by atoms with Crippen molar-refractivity contribution < 1.29 is 27.5 Å². The van der Waals surface area contributed by atoms with Crippen LogP contribution in [0.5, 0.6) is 5.75 Å². The van der Waals surface area contributed by atoms with Gasteiger partial charge in [-0.3, -0.25) is 19.4 Å². The maximum absolute atomic E-state index is 13.5. The van der Waals surface area contributed by atoms with Crippen LogP contribution >= 0.6 is 0 Å². The molecule has 1 saturated heterocycles. The minimum Gasteiger partial charge on any atom is -0.482 e. The first-order valence-corrected chi connectivity index (χ1v) is 15.5. The van der Waals surface area contributed by atoms with E-state index in [1.165, 1.54) is 11.1 Å². The molecule has 1 aliphatic carbocycles. The molecule has 2 aliphatic heterocycles. The normalized spacial score (nSPS) is 18.6. The van der Waals surface area contributed by atoms with Crippen LogP contribution in [0.4, 0.5) is 24.7 Å². The molecule has 0 unspecified atom stereocenters. The lowest BCUT2D eigenvalue weighted by atomic mass is 9.85. The molecule has 46 heavy (non-hydrogen) atoms. The Morgan fingerprint density at radius 1 is 1.15 bits per heavy atom. The van der Waals surface area contributed by atoms with Gasteiger partial charge in [-0.1, -0.05) is 19.9 Å². The number of nitrogens with zero attached hydrogens (tertiary/aromatic N) is 5. The lowest BCUT2D eigenvalue weighted by molar-refractivity contribution is -0.127. The number of fused-ring (bicyclic) bond motifs is 1. The molecule has 242 valence electrons. The van der Waals surface area contributed by atoms with Crippen molar-refractivity contribution >= 4 is 29.9 Å². The van der Waals surface area contributed by atoms with Gasteiger partial charge in [0.2, 0.25) is 0 Å². The van der Waals surface area contributed by atoms with Gasteiger partial charge in [-0.05, 0) is 42.9 Å². The van der Waals surface area contributed by atoms with Crippen LogP contribution in [0.1, 0.15) is 67.0 Å². The number of piperidine rings is 1. The first-order valence-electron chi connectivity index (χ1n) is 15.5. The van der Waals surface area contributed by atoms with E-state index < -0.39 is 11.7 Å². The maximum atomic E-state index is 13.5. The summed E-state index contributed by atoms with van der Waals surface area (Å²) in [6.45, 7) is 5.25. The highest BCUT2D eigenvalue weighted by Gasteiger charge is 2.48. The van der Waals surface area contributed by atoms with Crippen LogP contribution < -0.4 is 15.0 Å². The fourth-order valence-electron chi connectivity index (χ4n) is 6.48. The van der Waals surface area contributed by atoms with E-state index in [-0.39, 0.29) is 55.7 Å². The molecule has 4 heterocycles. The molecule has 2 N–H and O–H groups in total. The van der Waals surface area contributed by atoms with E-state index in [1.807, 2.05) is 13.8 Å². The zero-order valence-corrected chi connectivity index (χ0v) is 25.7. The number of halogens is 3. The third-order valence-electron chi connectivity index (χ3n) is 8.84. The van der Waals surface area contributed by atoms with Gasteiger partial charge in [0, 0.05) is 60.9 Å². The van der Waals surface area contributed by atoms with Crippen molar-refractivity contribution in [3.05, 3.63) is 59.1 Å². The van der Waals surface area contributed by atoms with E-state index in [2.05, 4.69) is 20.2 Å². The van der Waals surface area contributed by atoms with E-state index in [1.54, 1.807) is 18.2 Å². The van der Waals surface area contributed by atoms with E-state index in [0.717, 1.165) is 31.5 Å². The van der Waals surface area contributed by atoms with Crippen LogP contribution in [0, 0.1) is 17.1 Å². The van der Waals surface area contributed by atoms with Crippen molar-refractivity contribution in [1.82, 2.24) is 19.9 Å². The molecule has 0 bridgehead atoms. The molecular weight excluding hydrogens is 599 g/mol. The van der Waals surface area contributed by atoms with E-state index in [4.69, 9.17) is 15.1 Å². The summed E-state index contributed by atoms with van der Waals surface area (Å²) in [6.07, 6.45) is 5.87. The van der Waals surface area contributed by atoms with Gasteiger partial charge in [0.25, 0.3) is 11.8 Å². The molecular formula is C33H36F3N7O3. The predicted molar refractivity (Wildman–Crippen MR) is 166 cm³/mol. The number of nitrogens with one attached hydrogen (secondary N) is 2. The van der Waals surface area contributed by atoms with Crippen molar-refractivity contribution in [2.24, 2.45) is 5.92 Å². The van der Waals surface area contributed by atoms with Gasteiger partial charge in [-0.25, -0.2) is 28.1 Å². The van der Waals surface area contributed by atoms with Gasteiger partial charge in [-0.2, -0.15) is 0 Å². The number of rotatable bonds is 10. The average Bonchev–Trinajstić information content (AvgIpc) is 3.02. The number of amides is 1. The summed E-state index contributed by atoms with van der Waals surface area (Å²) in [7, 11) is 0. The Hall–Kier alpha value is -4.39. The molecule has 2 aromatic heterocycles. The number of pyridine rings is 1. The third kappa shape index (κ3) is 6.46. The molecule has 3 aromatic rings. The van der Waals surface area contributed by atoms with Gasteiger partial charge in [0.15, 0.2) is 18.7 Å². The summed E-state index contributed by atoms with van der Waals surface area (Å²) in [5, 5.41) is 11.9. The summed E-state index contributed by atoms with van der Waals surface area (Å²) >= 11 is 0. The standard InChI is InChI=1S/C33H36F3N7O3/c1-19(2)9-26-25(17-44)31(24(13-37)32(41-26)40-22-5-7-42(8-6-22)23-11-33(35,36)12-23)20-3-4-27-28(10-20)46-18-30(45)43(27)16-29-38-14-21(34)15-39-29/h3-4,10,13-15,17,19,22-23,37H,5-9,11-12,16,18H2,1-2H3,(H,40,41). The lowest BCUT2D eigenvalue weighted by Crippen LogP contribution is -2.54. The zero-order valence-electron chi connectivity index (χ0n) is 25.7. The topological polar surface area (TPSA) is 124 Å². The number of aldehydes is 1. The number of aromatic nitrogens is 3. The van der Waals surface area contributed by atoms with E-state index >= 15 is 0 Å². The van der Waals surface area contributed by atoms with Crippen LogP contribution in [0.3, 0.4) is 0 Å². The van der Waals surface area contributed by atoms with Gasteiger partial charge in [-0.15, -0.1) is 0 Å². The molecule has 3 aliphatic rings. The van der Waals surface area contributed by atoms with Crippen molar-refractivity contribution in [3.63, 3.8) is 0 Å². The number of carbonyl (C=O) groups is 2. The Bertz CT molecular complexity index is 1630. The molecule has 0 atom stereocenters. The number of carbonyl (C=O) groups excluding carboxylic acids is 2. The van der Waals surface area contributed by atoms with Crippen molar-refractivity contribution in [2.75, 3.05) is 29.9 Å². The molecule has 6 rings (SSSR count). The Morgan fingerprint density at radius 3 is 2.50 bits per heavy atom. The minimum atomic E-state index is -2.56. The number of likely N-dealkylation sites (tertiary alicyclic amines) is 1. The first-order chi connectivity index (χ1) is 22.0.